The topological polar surface area (TPSA) is 76.4 Å². The highest BCUT2D eigenvalue weighted by Crippen LogP contribution is 2.40. The van der Waals surface area contributed by atoms with Gasteiger partial charge in [-0.2, -0.15) is 0 Å². The highest BCUT2D eigenvalue weighted by atomic mass is 79.9. The number of halogens is 3. The molecule has 8 heteroatoms. The Balaban J connectivity index is 2.23. The molecule has 3 rings (SSSR count). The largest absolute Gasteiger partial charge is 0.506 e. The third-order valence-electron chi connectivity index (χ3n) is 3.80. The van der Waals surface area contributed by atoms with E-state index in [1.54, 1.807) is 12.4 Å². The fraction of sp³-hybridized carbons (Fsp3) is 0.200. The molecule has 1 atom stereocenters. The number of aryl methyl sites for hydroxylation is 1. The Labute approximate surface area is 145 Å². The Morgan fingerprint density at radius 3 is 2.87 bits per heavy atom. The van der Waals surface area contributed by atoms with E-state index in [4.69, 9.17) is 17.3 Å². The van der Waals surface area contributed by atoms with Crippen LogP contribution in [0.1, 0.15) is 29.9 Å². The first-order valence-electron chi connectivity index (χ1n) is 6.78. The molecule has 3 N–H and O–H groups in total. The van der Waals surface area contributed by atoms with Gasteiger partial charge in [0.15, 0.2) is 5.82 Å². The van der Waals surface area contributed by atoms with Crippen molar-refractivity contribution in [3.63, 3.8) is 0 Å². The van der Waals surface area contributed by atoms with Crippen LogP contribution in [-0.2, 0) is 0 Å². The van der Waals surface area contributed by atoms with Crippen LogP contribution in [0.2, 0.25) is 5.02 Å². The van der Waals surface area contributed by atoms with Crippen LogP contribution in [0.5, 0.6) is 5.75 Å². The van der Waals surface area contributed by atoms with E-state index in [-0.39, 0.29) is 21.2 Å². The van der Waals surface area contributed by atoms with E-state index in [0.29, 0.717) is 22.7 Å². The van der Waals surface area contributed by atoms with Crippen LogP contribution in [0.25, 0.3) is 5.52 Å². The lowest BCUT2D eigenvalue weighted by Crippen LogP contribution is -2.05. The standard InChI is InChI=1S/C15H13BrClFN4O/c1-6(8-5-9(17)11(18)10(16)13(8)23)15-21-7(2)12-14(19)20-3-4-22(12)15/h3-6,23H,1-2H3,(H2,19,20). The SMILES string of the molecule is Cc1nc(C(C)c2cc(Cl)c(F)c(Br)c2O)n2ccnc(N)c12. The number of nitrogens with zero attached hydrogens (tertiary/aromatic N) is 3. The zero-order valence-corrected chi connectivity index (χ0v) is 14.7. The van der Waals surface area contributed by atoms with E-state index < -0.39 is 5.82 Å². The zero-order valence-electron chi connectivity index (χ0n) is 12.3. The van der Waals surface area contributed by atoms with Crippen molar-refractivity contribution in [3.05, 3.63) is 50.9 Å². The van der Waals surface area contributed by atoms with Crippen molar-refractivity contribution >= 4 is 38.9 Å². The lowest BCUT2D eigenvalue weighted by atomic mass is 9.99. The van der Waals surface area contributed by atoms with Gasteiger partial charge in [-0.1, -0.05) is 18.5 Å². The van der Waals surface area contributed by atoms with Gasteiger partial charge >= 0.3 is 0 Å². The van der Waals surface area contributed by atoms with Gasteiger partial charge in [-0.3, -0.25) is 4.40 Å². The number of rotatable bonds is 2. The first-order valence-corrected chi connectivity index (χ1v) is 7.95. The third-order valence-corrected chi connectivity index (χ3v) is 4.80. The molecule has 1 unspecified atom stereocenters. The molecular weight excluding hydrogens is 387 g/mol. The van der Waals surface area contributed by atoms with Crippen LogP contribution in [0.4, 0.5) is 10.2 Å². The van der Waals surface area contributed by atoms with E-state index in [1.807, 2.05) is 18.2 Å². The number of hydrogen-bond donors (Lipinski definition) is 2. The molecule has 5 nitrogen and oxygen atoms in total. The molecule has 0 bridgehead atoms. The molecule has 23 heavy (non-hydrogen) atoms. The number of phenols is 1. The van der Waals surface area contributed by atoms with Gasteiger partial charge in [-0.25, -0.2) is 14.4 Å². The predicted molar refractivity (Wildman–Crippen MR) is 90.4 cm³/mol. The molecule has 0 aliphatic carbocycles. The van der Waals surface area contributed by atoms with Gasteiger partial charge in [0.25, 0.3) is 0 Å². The molecule has 0 saturated carbocycles. The van der Waals surface area contributed by atoms with E-state index >= 15 is 0 Å². The minimum Gasteiger partial charge on any atom is -0.506 e. The number of aromatic nitrogens is 3. The minimum atomic E-state index is -0.697. The number of anilines is 1. The van der Waals surface area contributed by atoms with Crippen molar-refractivity contribution in [2.45, 2.75) is 19.8 Å². The summed E-state index contributed by atoms with van der Waals surface area (Å²) in [5, 5.41) is 10.2. The Bertz CT molecular complexity index is 928. The summed E-state index contributed by atoms with van der Waals surface area (Å²) in [6.07, 6.45) is 3.32. The summed E-state index contributed by atoms with van der Waals surface area (Å²) in [4.78, 5) is 8.59. The number of nitrogens with two attached hydrogens (primary N) is 1. The summed E-state index contributed by atoms with van der Waals surface area (Å²) < 4.78 is 15.5. The lowest BCUT2D eigenvalue weighted by Gasteiger charge is -2.15. The van der Waals surface area contributed by atoms with Crippen LogP contribution in [-0.4, -0.2) is 19.5 Å². The summed E-state index contributed by atoms with van der Waals surface area (Å²) in [5.74, 6) is -0.212. The maximum absolute atomic E-state index is 13.8. The summed E-state index contributed by atoms with van der Waals surface area (Å²) in [5.41, 5.74) is 7.81. The lowest BCUT2D eigenvalue weighted by molar-refractivity contribution is 0.454. The Hall–Kier alpha value is -1.86. The van der Waals surface area contributed by atoms with E-state index in [9.17, 15) is 9.50 Å². The van der Waals surface area contributed by atoms with Gasteiger partial charge in [0, 0.05) is 23.9 Å². The van der Waals surface area contributed by atoms with E-state index in [1.165, 1.54) is 6.07 Å². The fourth-order valence-corrected chi connectivity index (χ4v) is 3.42. The number of phenolic OH excluding ortho intramolecular Hbond substituents is 1. The van der Waals surface area contributed by atoms with Crippen molar-refractivity contribution in [3.8, 4) is 5.75 Å². The predicted octanol–water partition coefficient (Wildman–Crippen LogP) is 4.03. The molecule has 0 spiro atoms. The molecule has 0 aliphatic heterocycles. The summed E-state index contributed by atoms with van der Waals surface area (Å²) >= 11 is 8.92. The number of fused-ring (bicyclic) bond motifs is 1. The number of hydrogen-bond acceptors (Lipinski definition) is 4. The minimum absolute atomic E-state index is 0.0642. The third kappa shape index (κ3) is 2.44. The molecule has 1 aromatic carbocycles. The smallest absolute Gasteiger partial charge is 0.159 e. The molecule has 0 saturated heterocycles. The number of aromatic hydroxyl groups is 1. The van der Waals surface area contributed by atoms with Crippen molar-refractivity contribution in [2.75, 3.05) is 5.73 Å². The van der Waals surface area contributed by atoms with Crippen molar-refractivity contribution in [2.24, 2.45) is 0 Å². The van der Waals surface area contributed by atoms with Crippen LogP contribution in [0.3, 0.4) is 0 Å². The molecule has 2 aromatic heterocycles. The summed E-state index contributed by atoms with van der Waals surface area (Å²) in [7, 11) is 0. The fourth-order valence-electron chi connectivity index (χ4n) is 2.65. The van der Waals surface area contributed by atoms with Gasteiger partial charge in [-0.05, 0) is 28.9 Å². The maximum Gasteiger partial charge on any atom is 0.159 e. The molecule has 2 heterocycles. The van der Waals surface area contributed by atoms with Gasteiger partial charge in [-0.15, -0.1) is 0 Å². The maximum atomic E-state index is 13.8. The van der Waals surface area contributed by atoms with Crippen LogP contribution in [0, 0.1) is 12.7 Å². The van der Waals surface area contributed by atoms with E-state index in [0.717, 1.165) is 5.69 Å². The molecule has 0 radical (unpaired) electrons. The molecule has 0 amide bonds. The number of imidazole rings is 1. The van der Waals surface area contributed by atoms with E-state index in [2.05, 4.69) is 25.9 Å². The molecule has 0 aliphatic rings. The number of benzene rings is 1. The second-order valence-corrected chi connectivity index (χ2v) is 6.43. The monoisotopic (exact) mass is 398 g/mol. The Kier molecular flexibility index (Phi) is 3.93. The second-order valence-electron chi connectivity index (χ2n) is 5.23. The van der Waals surface area contributed by atoms with Crippen molar-refractivity contribution < 1.29 is 9.50 Å². The van der Waals surface area contributed by atoms with Crippen LogP contribution < -0.4 is 5.73 Å². The molecule has 3 aromatic rings. The van der Waals surface area contributed by atoms with Gasteiger partial charge in [0.05, 0.1) is 15.2 Å². The van der Waals surface area contributed by atoms with Gasteiger partial charge in [0.2, 0.25) is 0 Å². The average Bonchev–Trinajstić information content (AvgIpc) is 2.86. The normalized spacial score (nSPS) is 12.7. The highest BCUT2D eigenvalue weighted by molar-refractivity contribution is 9.10. The summed E-state index contributed by atoms with van der Waals surface area (Å²) in [6.45, 7) is 3.68. The molecule has 120 valence electrons. The molecule has 0 fully saturated rings. The van der Waals surface area contributed by atoms with Crippen LogP contribution >= 0.6 is 27.5 Å². The first-order chi connectivity index (χ1) is 10.8. The second kappa shape index (κ2) is 5.65. The Morgan fingerprint density at radius 2 is 2.17 bits per heavy atom. The van der Waals surface area contributed by atoms with Gasteiger partial charge in [0.1, 0.15) is 22.9 Å². The van der Waals surface area contributed by atoms with Crippen LogP contribution in [0.15, 0.2) is 22.9 Å². The average molecular weight is 400 g/mol. The van der Waals surface area contributed by atoms with Crippen molar-refractivity contribution in [1.29, 1.82) is 0 Å². The first kappa shape index (κ1) is 16.0. The van der Waals surface area contributed by atoms with Gasteiger partial charge < -0.3 is 10.8 Å². The number of nitrogen functional groups attached to an aromatic ring is 1. The Morgan fingerprint density at radius 1 is 1.48 bits per heavy atom. The quantitative estimate of drug-likeness (QED) is 0.638. The summed E-state index contributed by atoms with van der Waals surface area (Å²) in [6, 6.07) is 1.41. The highest BCUT2D eigenvalue weighted by Gasteiger charge is 2.24. The molecular formula is C15H13BrClFN4O. The van der Waals surface area contributed by atoms with Crippen molar-refractivity contribution in [1.82, 2.24) is 14.4 Å². The zero-order chi connectivity index (χ0) is 16.9.